The number of benzene rings is 4. The van der Waals surface area contributed by atoms with Crippen molar-refractivity contribution in [3.8, 4) is 11.1 Å². The lowest BCUT2D eigenvalue weighted by atomic mass is 10.0. The van der Waals surface area contributed by atoms with E-state index in [4.69, 9.17) is 0 Å². The molecule has 4 aromatic carbocycles. The molecule has 0 aliphatic heterocycles. The minimum absolute atomic E-state index is 0.118. The second-order valence-corrected chi connectivity index (χ2v) is 10.4. The predicted octanol–water partition coefficient (Wildman–Crippen LogP) is 7.87. The third kappa shape index (κ3) is 6.10. The average Bonchev–Trinajstić information content (AvgIpc) is 3.81. The third-order valence-electron chi connectivity index (χ3n) is 7.22. The second-order valence-electron chi connectivity index (χ2n) is 10.4. The monoisotopic (exact) mass is 570 g/mol. The van der Waals surface area contributed by atoms with Crippen molar-refractivity contribution in [2.75, 3.05) is 5.32 Å². The van der Waals surface area contributed by atoms with Crippen LogP contribution in [0.15, 0.2) is 97.3 Å². The number of hydrogen-bond acceptors (Lipinski definition) is 4. The lowest BCUT2D eigenvalue weighted by Crippen LogP contribution is -2.31. The standard InChI is InChI=1S/C33H26F4N4O/c34-29-17-25(33(35,36)37)10-13-27(29)32(42)41(18-21-5-2-1-3-6-21)19-22-7-4-8-23(15-22)24-9-14-30-28(16-24)31(39-20-38-30)40-26-11-12-26/h1-10,13-17,20,26H,11-12,18-19H2,(H,38,39,40). The Labute approximate surface area is 239 Å². The highest BCUT2D eigenvalue weighted by Crippen LogP contribution is 2.32. The lowest BCUT2D eigenvalue weighted by Gasteiger charge is -2.24. The molecule has 0 atom stereocenters. The molecule has 0 unspecified atom stereocenters. The highest BCUT2D eigenvalue weighted by Gasteiger charge is 2.32. The number of nitrogens with one attached hydrogen (secondary N) is 1. The molecular formula is C33H26F4N4O. The maximum Gasteiger partial charge on any atom is 0.416 e. The van der Waals surface area contributed by atoms with E-state index in [1.807, 2.05) is 72.8 Å². The van der Waals surface area contributed by atoms with Crippen LogP contribution in [0.5, 0.6) is 0 Å². The number of hydrogen-bond donors (Lipinski definition) is 1. The molecule has 1 amide bonds. The Balaban J connectivity index is 1.31. The number of nitrogens with zero attached hydrogens (tertiary/aromatic N) is 3. The van der Waals surface area contributed by atoms with Gasteiger partial charge >= 0.3 is 6.18 Å². The van der Waals surface area contributed by atoms with Crippen molar-refractivity contribution in [3.63, 3.8) is 0 Å². The quantitative estimate of drug-likeness (QED) is 0.193. The molecule has 0 spiro atoms. The van der Waals surface area contributed by atoms with Crippen LogP contribution >= 0.6 is 0 Å². The summed E-state index contributed by atoms with van der Waals surface area (Å²) in [6, 6.07) is 25.2. The number of carbonyl (C=O) groups excluding carboxylic acids is 1. The van der Waals surface area contributed by atoms with E-state index >= 15 is 0 Å². The normalized spacial score (nSPS) is 13.2. The third-order valence-corrected chi connectivity index (χ3v) is 7.22. The molecule has 0 saturated heterocycles. The first-order valence-corrected chi connectivity index (χ1v) is 13.6. The zero-order chi connectivity index (χ0) is 29.3. The fourth-order valence-electron chi connectivity index (χ4n) is 4.88. The van der Waals surface area contributed by atoms with Gasteiger partial charge in [0.2, 0.25) is 0 Å². The summed E-state index contributed by atoms with van der Waals surface area (Å²) in [4.78, 5) is 23.8. The number of fused-ring (bicyclic) bond motifs is 1. The van der Waals surface area contributed by atoms with E-state index in [1.54, 1.807) is 6.33 Å². The second kappa shape index (κ2) is 11.2. The van der Waals surface area contributed by atoms with Gasteiger partial charge in [0.05, 0.1) is 16.6 Å². The molecule has 1 aliphatic rings. The summed E-state index contributed by atoms with van der Waals surface area (Å²) in [6.45, 7) is 0.265. The van der Waals surface area contributed by atoms with E-state index in [1.165, 1.54) is 4.90 Å². The Morgan fingerprint density at radius 1 is 0.833 bits per heavy atom. The van der Waals surface area contributed by atoms with E-state index in [0.29, 0.717) is 12.1 Å². The number of aromatic nitrogens is 2. The molecule has 1 N–H and O–H groups in total. The minimum Gasteiger partial charge on any atom is -0.367 e. The zero-order valence-corrected chi connectivity index (χ0v) is 22.4. The Kier molecular flexibility index (Phi) is 7.33. The van der Waals surface area contributed by atoms with Gasteiger partial charge in [-0.1, -0.05) is 54.6 Å². The van der Waals surface area contributed by atoms with E-state index in [-0.39, 0.29) is 13.1 Å². The first-order valence-electron chi connectivity index (χ1n) is 13.6. The summed E-state index contributed by atoms with van der Waals surface area (Å²) in [5, 5.41) is 4.36. The molecule has 1 aromatic heterocycles. The summed E-state index contributed by atoms with van der Waals surface area (Å²) < 4.78 is 54.2. The van der Waals surface area contributed by atoms with E-state index in [9.17, 15) is 22.4 Å². The van der Waals surface area contributed by atoms with Crippen molar-refractivity contribution in [1.29, 1.82) is 0 Å². The van der Waals surface area contributed by atoms with E-state index in [2.05, 4.69) is 15.3 Å². The average molecular weight is 571 g/mol. The number of halogens is 4. The minimum atomic E-state index is -4.71. The molecule has 42 heavy (non-hydrogen) atoms. The molecule has 212 valence electrons. The van der Waals surface area contributed by atoms with Crippen LogP contribution < -0.4 is 5.32 Å². The Morgan fingerprint density at radius 2 is 1.57 bits per heavy atom. The summed E-state index contributed by atoms with van der Waals surface area (Å²) >= 11 is 0. The van der Waals surface area contributed by atoms with Gasteiger partial charge in [-0.3, -0.25) is 4.79 Å². The Bertz CT molecular complexity index is 1750. The van der Waals surface area contributed by atoms with Crippen molar-refractivity contribution in [3.05, 3.63) is 125 Å². The fraction of sp³-hybridized carbons (Fsp3) is 0.182. The topological polar surface area (TPSA) is 58.1 Å². The molecule has 1 heterocycles. The summed E-state index contributed by atoms with van der Waals surface area (Å²) in [7, 11) is 0. The molecule has 1 fully saturated rings. The number of alkyl halides is 3. The van der Waals surface area contributed by atoms with Crippen LogP contribution in [0.2, 0.25) is 0 Å². The van der Waals surface area contributed by atoms with Gasteiger partial charge in [0.15, 0.2) is 0 Å². The van der Waals surface area contributed by atoms with E-state index in [0.717, 1.165) is 63.9 Å². The molecule has 6 rings (SSSR count). The summed E-state index contributed by atoms with van der Waals surface area (Å²) in [6.07, 6.45) is -0.939. The molecule has 5 nitrogen and oxygen atoms in total. The van der Waals surface area contributed by atoms with Crippen molar-refractivity contribution >= 4 is 22.6 Å². The van der Waals surface area contributed by atoms with Crippen LogP contribution in [0.1, 0.15) is 39.9 Å². The van der Waals surface area contributed by atoms with Crippen molar-refractivity contribution in [2.24, 2.45) is 0 Å². The predicted molar refractivity (Wildman–Crippen MR) is 153 cm³/mol. The van der Waals surface area contributed by atoms with Crippen LogP contribution in [0, 0.1) is 5.82 Å². The van der Waals surface area contributed by atoms with Gasteiger partial charge in [0, 0.05) is 24.5 Å². The maximum atomic E-state index is 14.8. The molecule has 9 heteroatoms. The largest absolute Gasteiger partial charge is 0.416 e. The van der Waals surface area contributed by atoms with Gasteiger partial charge in [-0.15, -0.1) is 0 Å². The number of carbonyl (C=O) groups is 1. The highest BCUT2D eigenvalue weighted by atomic mass is 19.4. The molecular weight excluding hydrogens is 544 g/mol. The van der Waals surface area contributed by atoms with Crippen molar-refractivity contribution in [1.82, 2.24) is 14.9 Å². The highest BCUT2D eigenvalue weighted by molar-refractivity contribution is 5.95. The van der Waals surface area contributed by atoms with Gasteiger partial charge in [-0.25, -0.2) is 14.4 Å². The van der Waals surface area contributed by atoms with Gasteiger partial charge in [-0.05, 0) is 71.5 Å². The van der Waals surface area contributed by atoms with Gasteiger partial charge in [0.25, 0.3) is 5.91 Å². The zero-order valence-electron chi connectivity index (χ0n) is 22.4. The lowest BCUT2D eigenvalue weighted by molar-refractivity contribution is -0.137. The SMILES string of the molecule is O=C(c1ccc(C(F)(F)F)cc1F)N(Cc1ccccc1)Cc1cccc(-c2ccc3ncnc(NC4CC4)c3c2)c1. The summed E-state index contributed by atoms with van der Waals surface area (Å²) in [5.74, 6) is -1.12. The van der Waals surface area contributed by atoms with Crippen LogP contribution in [-0.4, -0.2) is 26.8 Å². The Hall–Kier alpha value is -4.79. The molecule has 1 saturated carbocycles. The van der Waals surface area contributed by atoms with E-state index < -0.39 is 29.0 Å². The van der Waals surface area contributed by atoms with Gasteiger partial charge in [-0.2, -0.15) is 13.2 Å². The first-order chi connectivity index (χ1) is 20.2. The number of rotatable bonds is 8. The van der Waals surface area contributed by atoms with Gasteiger partial charge < -0.3 is 10.2 Å². The number of anilines is 1. The maximum absolute atomic E-state index is 14.8. The smallest absolute Gasteiger partial charge is 0.367 e. The summed E-state index contributed by atoms with van der Waals surface area (Å²) in [5.41, 5.74) is 2.70. The Morgan fingerprint density at radius 3 is 2.31 bits per heavy atom. The van der Waals surface area contributed by atoms with Crippen molar-refractivity contribution < 1.29 is 22.4 Å². The molecule has 0 bridgehead atoms. The van der Waals surface area contributed by atoms with Crippen LogP contribution in [0.25, 0.3) is 22.0 Å². The van der Waals surface area contributed by atoms with Gasteiger partial charge in [0.1, 0.15) is 18.0 Å². The molecule has 5 aromatic rings. The van der Waals surface area contributed by atoms with Crippen LogP contribution in [-0.2, 0) is 19.3 Å². The van der Waals surface area contributed by atoms with Crippen LogP contribution in [0.4, 0.5) is 23.4 Å². The molecule has 0 radical (unpaired) electrons. The first kappa shape index (κ1) is 27.4. The fourth-order valence-corrected chi connectivity index (χ4v) is 4.88. The van der Waals surface area contributed by atoms with Crippen LogP contribution in [0.3, 0.4) is 0 Å². The number of amides is 1. The molecule has 1 aliphatic carbocycles. The van der Waals surface area contributed by atoms with Crippen molar-refractivity contribution in [2.45, 2.75) is 38.1 Å².